The van der Waals surface area contributed by atoms with Crippen LogP contribution in [0.4, 0.5) is 17.6 Å². The molecule has 3 nitrogen and oxygen atoms in total. The molecule has 1 aromatic carbocycles. The van der Waals surface area contributed by atoms with Crippen LogP contribution >= 0.6 is 0 Å². The van der Waals surface area contributed by atoms with Crippen molar-refractivity contribution in [1.82, 2.24) is 10.2 Å². The van der Waals surface area contributed by atoms with Crippen molar-refractivity contribution in [2.24, 2.45) is 0 Å². The van der Waals surface area contributed by atoms with Crippen molar-refractivity contribution in [2.45, 2.75) is 31.5 Å². The molecule has 1 amide bonds. The number of nitrogens with zero attached hydrogens (tertiary/aromatic N) is 1. The minimum Gasteiger partial charge on any atom is -0.339 e. The lowest BCUT2D eigenvalue weighted by atomic mass is 10.0. The number of hydrogen-bond acceptors (Lipinski definition) is 2. The van der Waals surface area contributed by atoms with Crippen molar-refractivity contribution < 1.29 is 22.4 Å². The van der Waals surface area contributed by atoms with Crippen molar-refractivity contribution in [3.8, 4) is 0 Å². The topological polar surface area (TPSA) is 32.3 Å². The fraction of sp³-hybridized carbons (Fsp3) is 0.533. The highest BCUT2D eigenvalue weighted by atomic mass is 19.4. The van der Waals surface area contributed by atoms with Gasteiger partial charge in [0.25, 0.3) is 5.91 Å². The number of hydrogen-bond donors (Lipinski definition) is 1. The number of rotatable bonds is 2. The van der Waals surface area contributed by atoms with E-state index in [-0.39, 0.29) is 6.04 Å². The van der Waals surface area contributed by atoms with Crippen LogP contribution in [0.15, 0.2) is 18.2 Å². The van der Waals surface area contributed by atoms with Crippen molar-refractivity contribution in [3.63, 3.8) is 0 Å². The number of benzene rings is 1. The molecule has 1 fully saturated rings. The Labute approximate surface area is 126 Å². The predicted molar refractivity (Wildman–Crippen MR) is 74.0 cm³/mol. The lowest BCUT2D eigenvalue weighted by Crippen LogP contribution is -2.38. The molecule has 122 valence electrons. The number of halogens is 4. The molecule has 1 aliphatic rings. The maximum Gasteiger partial charge on any atom is 0.416 e. The van der Waals surface area contributed by atoms with Crippen LogP contribution in [-0.4, -0.2) is 37.0 Å². The van der Waals surface area contributed by atoms with Gasteiger partial charge in [0.15, 0.2) is 0 Å². The van der Waals surface area contributed by atoms with E-state index in [1.807, 2.05) is 0 Å². The molecule has 0 radical (unpaired) electrons. The van der Waals surface area contributed by atoms with E-state index in [2.05, 4.69) is 5.32 Å². The monoisotopic (exact) mass is 318 g/mol. The molecule has 1 aliphatic heterocycles. The second kappa shape index (κ2) is 6.64. The Kier molecular flexibility index (Phi) is 5.05. The SMILES string of the molecule is CN(C(=O)c1cc(C(F)(F)F)ccc1F)C1CCCNCC1. The summed E-state index contributed by atoms with van der Waals surface area (Å²) in [6.45, 7) is 1.57. The summed E-state index contributed by atoms with van der Waals surface area (Å²) in [4.78, 5) is 13.7. The third kappa shape index (κ3) is 3.76. The average Bonchev–Trinajstić information content (AvgIpc) is 2.74. The van der Waals surface area contributed by atoms with Gasteiger partial charge in [-0.05, 0) is 50.6 Å². The van der Waals surface area contributed by atoms with Gasteiger partial charge in [0, 0.05) is 13.1 Å². The maximum absolute atomic E-state index is 13.8. The molecule has 0 aliphatic carbocycles. The van der Waals surface area contributed by atoms with Gasteiger partial charge < -0.3 is 10.2 Å². The summed E-state index contributed by atoms with van der Waals surface area (Å²) < 4.78 is 51.9. The zero-order chi connectivity index (χ0) is 16.3. The van der Waals surface area contributed by atoms with E-state index in [4.69, 9.17) is 0 Å². The molecule has 2 rings (SSSR count). The number of alkyl halides is 3. The molecule has 1 N–H and O–H groups in total. The Balaban J connectivity index is 2.24. The summed E-state index contributed by atoms with van der Waals surface area (Å²) in [6.07, 6.45) is -2.29. The first-order valence-electron chi connectivity index (χ1n) is 7.15. The minimum absolute atomic E-state index is 0.101. The predicted octanol–water partition coefficient (Wildman–Crippen LogP) is 3.06. The number of amides is 1. The van der Waals surface area contributed by atoms with Crippen LogP contribution in [0.1, 0.15) is 35.2 Å². The van der Waals surface area contributed by atoms with Crippen LogP contribution in [-0.2, 0) is 6.18 Å². The van der Waals surface area contributed by atoms with Gasteiger partial charge in [0.05, 0.1) is 11.1 Å². The normalized spacial score (nSPS) is 19.6. The summed E-state index contributed by atoms with van der Waals surface area (Å²) in [5, 5.41) is 3.19. The van der Waals surface area contributed by atoms with Crippen molar-refractivity contribution in [1.29, 1.82) is 0 Å². The fourth-order valence-electron chi connectivity index (χ4n) is 2.61. The number of nitrogens with one attached hydrogen (secondary N) is 1. The van der Waals surface area contributed by atoms with E-state index < -0.39 is 29.0 Å². The first kappa shape index (κ1) is 16.7. The molecule has 7 heteroatoms. The Hall–Kier alpha value is -1.63. The largest absolute Gasteiger partial charge is 0.416 e. The number of carbonyl (C=O) groups excluding carboxylic acids is 1. The highest BCUT2D eigenvalue weighted by molar-refractivity contribution is 5.94. The molecule has 0 bridgehead atoms. The fourth-order valence-corrected chi connectivity index (χ4v) is 2.61. The first-order valence-corrected chi connectivity index (χ1v) is 7.15. The molecule has 0 spiro atoms. The molecule has 1 unspecified atom stereocenters. The third-order valence-corrected chi connectivity index (χ3v) is 3.94. The lowest BCUT2D eigenvalue weighted by Gasteiger charge is -2.27. The van der Waals surface area contributed by atoms with E-state index >= 15 is 0 Å². The van der Waals surface area contributed by atoms with Crippen LogP contribution in [0.5, 0.6) is 0 Å². The molecular formula is C15H18F4N2O. The summed E-state index contributed by atoms with van der Waals surface area (Å²) in [7, 11) is 1.51. The van der Waals surface area contributed by atoms with E-state index in [0.29, 0.717) is 24.6 Å². The molecule has 1 atom stereocenters. The van der Waals surface area contributed by atoms with Gasteiger partial charge in [-0.15, -0.1) is 0 Å². The Morgan fingerprint density at radius 1 is 1.27 bits per heavy atom. The third-order valence-electron chi connectivity index (χ3n) is 3.94. The van der Waals surface area contributed by atoms with E-state index in [9.17, 15) is 22.4 Å². The molecule has 1 saturated heterocycles. The van der Waals surface area contributed by atoms with E-state index in [1.54, 1.807) is 0 Å². The summed E-state index contributed by atoms with van der Waals surface area (Å²) in [5.74, 6) is -1.65. The highest BCUT2D eigenvalue weighted by Crippen LogP contribution is 2.30. The minimum atomic E-state index is -4.60. The number of carbonyl (C=O) groups is 1. The van der Waals surface area contributed by atoms with Gasteiger partial charge in [0.2, 0.25) is 0 Å². The molecule has 0 saturated carbocycles. The molecule has 1 heterocycles. The standard InChI is InChI=1S/C15H18F4N2O/c1-21(11-3-2-7-20-8-6-11)14(22)12-9-10(15(17,18)19)4-5-13(12)16/h4-5,9,11,20H,2-3,6-8H2,1H3. The van der Waals surface area contributed by atoms with Gasteiger partial charge in [-0.1, -0.05) is 0 Å². The van der Waals surface area contributed by atoms with Crippen LogP contribution in [0.2, 0.25) is 0 Å². The lowest BCUT2D eigenvalue weighted by molar-refractivity contribution is -0.137. The molecular weight excluding hydrogens is 300 g/mol. The van der Waals surface area contributed by atoms with Crippen LogP contribution < -0.4 is 5.32 Å². The second-order valence-corrected chi connectivity index (χ2v) is 5.44. The van der Waals surface area contributed by atoms with Gasteiger partial charge >= 0.3 is 6.18 Å². The van der Waals surface area contributed by atoms with Crippen molar-refractivity contribution in [2.75, 3.05) is 20.1 Å². The first-order chi connectivity index (χ1) is 10.3. The van der Waals surface area contributed by atoms with Crippen molar-refractivity contribution >= 4 is 5.91 Å². The maximum atomic E-state index is 13.8. The van der Waals surface area contributed by atoms with Gasteiger partial charge in [-0.2, -0.15) is 13.2 Å². The van der Waals surface area contributed by atoms with Crippen molar-refractivity contribution in [3.05, 3.63) is 35.1 Å². The van der Waals surface area contributed by atoms with Crippen LogP contribution in [0.3, 0.4) is 0 Å². The van der Waals surface area contributed by atoms with Gasteiger partial charge in [-0.25, -0.2) is 4.39 Å². The van der Waals surface area contributed by atoms with E-state index in [0.717, 1.165) is 25.9 Å². The zero-order valence-corrected chi connectivity index (χ0v) is 12.2. The van der Waals surface area contributed by atoms with E-state index in [1.165, 1.54) is 11.9 Å². The Morgan fingerprint density at radius 2 is 2.00 bits per heavy atom. The Morgan fingerprint density at radius 3 is 2.68 bits per heavy atom. The van der Waals surface area contributed by atoms with Crippen LogP contribution in [0.25, 0.3) is 0 Å². The quantitative estimate of drug-likeness (QED) is 0.850. The summed E-state index contributed by atoms with van der Waals surface area (Å²) in [6, 6.07) is 1.82. The second-order valence-electron chi connectivity index (χ2n) is 5.44. The molecule has 22 heavy (non-hydrogen) atoms. The highest BCUT2D eigenvalue weighted by Gasteiger charge is 2.33. The van der Waals surface area contributed by atoms with Crippen LogP contribution in [0, 0.1) is 5.82 Å². The summed E-state index contributed by atoms with van der Waals surface area (Å²) >= 11 is 0. The van der Waals surface area contributed by atoms with Gasteiger partial charge in [-0.3, -0.25) is 4.79 Å². The smallest absolute Gasteiger partial charge is 0.339 e. The molecule has 1 aromatic rings. The summed E-state index contributed by atoms with van der Waals surface area (Å²) in [5.41, 5.74) is -1.55. The Bertz CT molecular complexity index is 537. The zero-order valence-electron chi connectivity index (χ0n) is 12.2. The average molecular weight is 318 g/mol. The van der Waals surface area contributed by atoms with Gasteiger partial charge in [0.1, 0.15) is 5.82 Å². The molecule has 0 aromatic heterocycles.